The monoisotopic (exact) mass is 365 g/mol. The average Bonchev–Trinajstić information content (AvgIpc) is 2.58. The van der Waals surface area contributed by atoms with Crippen LogP contribution in [0.25, 0.3) is 0 Å². The van der Waals surface area contributed by atoms with Crippen molar-refractivity contribution in [2.24, 2.45) is 5.10 Å². The van der Waals surface area contributed by atoms with E-state index in [0.29, 0.717) is 10.8 Å². The maximum absolute atomic E-state index is 5.16. The molecule has 0 bridgehead atoms. The molecule has 5 nitrogen and oxygen atoms in total. The fraction of sp³-hybridized carbons (Fsp3) is 0.188. The molecule has 0 spiro atoms. The van der Waals surface area contributed by atoms with Gasteiger partial charge in [0.1, 0.15) is 5.71 Å². The summed E-state index contributed by atoms with van der Waals surface area (Å²) in [6, 6.07) is 11.3. The Morgan fingerprint density at radius 3 is 1.87 bits per heavy atom. The van der Waals surface area contributed by atoms with Gasteiger partial charge in [-0.1, -0.05) is 12.1 Å². The van der Waals surface area contributed by atoms with E-state index in [1.165, 1.54) is 0 Å². The summed E-state index contributed by atoms with van der Waals surface area (Å²) in [4.78, 5) is 10.4. The Morgan fingerprint density at radius 2 is 1.52 bits per heavy atom. The second-order valence-corrected chi connectivity index (χ2v) is 4.59. The Hall–Kier alpha value is -1.76. The van der Waals surface area contributed by atoms with Gasteiger partial charge in [-0.3, -0.25) is 15.4 Å². The number of hydrogen-bond acceptors (Lipinski definition) is 4. The molecule has 121 valence electrons. The van der Waals surface area contributed by atoms with E-state index in [-0.39, 0.29) is 18.6 Å². The predicted octanol–water partition coefficient (Wildman–Crippen LogP) is 2.50. The summed E-state index contributed by atoms with van der Waals surface area (Å²) < 4.78 is 0. The van der Waals surface area contributed by atoms with E-state index in [9.17, 15) is 0 Å². The summed E-state index contributed by atoms with van der Waals surface area (Å²) in [5.74, 6) is 0. The van der Waals surface area contributed by atoms with Crippen LogP contribution in [0.2, 0.25) is 0 Å². The van der Waals surface area contributed by atoms with Crippen LogP contribution < -0.4 is 5.43 Å². The molecule has 23 heavy (non-hydrogen) atoms. The first-order valence-electron chi connectivity index (χ1n) is 6.77. The zero-order chi connectivity index (χ0) is 16.4. The van der Waals surface area contributed by atoms with E-state index in [2.05, 4.69) is 27.4 Å². The minimum atomic E-state index is 0. The molecule has 0 unspecified atom stereocenters. The van der Waals surface area contributed by atoms with Crippen LogP contribution in [0.1, 0.15) is 18.3 Å². The summed E-state index contributed by atoms with van der Waals surface area (Å²) in [6.07, 6.45) is 3.44. The first-order valence-corrected chi connectivity index (χ1v) is 7.18. The molecule has 1 N–H and O–H groups in total. The van der Waals surface area contributed by atoms with Gasteiger partial charge in [-0.25, -0.2) is 0 Å². The van der Waals surface area contributed by atoms with Gasteiger partial charge in [0.25, 0.3) is 0 Å². The number of nitrogens with zero attached hydrogens (tertiary/aromatic N) is 4. The summed E-state index contributed by atoms with van der Waals surface area (Å²) >= 11 is 5.16. The molecule has 1 radical (unpaired) electrons. The number of thiocarbonyl (C=S) groups is 1. The van der Waals surface area contributed by atoms with Crippen LogP contribution in [0.5, 0.6) is 0 Å². The van der Waals surface area contributed by atoms with Crippen LogP contribution >= 0.6 is 12.2 Å². The summed E-state index contributed by atoms with van der Waals surface area (Å²) in [6.45, 7) is 5.00. The molecule has 2 aromatic heterocycles. The Balaban J connectivity index is 0.00000155. The maximum atomic E-state index is 5.16. The average molecular weight is 365 g/mol. The molecule has 0 atom stereocenters. The van der Waals surface area contributed by atoms with Crippen molar-refractivity contribution < 1.29 is 18.6 Å². The molecular formula is C16H20N5SV-. The van der Waals surface area contributed by atoms with E-state index < -0.39 is 0 Å². The fourth-order valence-electron chi connectivity index (χ4n) is 1.46. The molecular weight excluding hydrogens is 345 g/mol. The number of nitrogens with one attached hydrogen (secondary N) is 1. The van der Waals surface area contributed by atoms with Gasteiger partial charge >= 0.3 is 0 Å². The van der Waals surface area contributed by atoms with E-state index in [4.69, 9.17) is 12.2 Å². The van der Waals surface area contributed by atoms with Gasteiger partial charge in [-0.15, -0.1) is 0 Å². The zero-order valence-corrected chi connectivity index (χ0v) is 15.7. The summed E-state index contributed by atoms with van der Waals surface area (Å²) in [5.41, 5.74) is 4.97. The maximum Gasteiger partial charge on any atom is 0.189 e. The Bertz CT molecular complexity index is 561. The molecule has 0 amide bonds. The molecule has 0 saturated heterocycles. The largest absolute Gasteiger partial charge is 0.354 e. The van der Waals surface area contributed by atoms with Crippen LogP contribution in [-0.4, -0.2) is 39.8 Å². The minimum Gasteiger partial charge on any atom is -0.354 e. The van der Waals surface area contributed by atoms with Crippen LogP contribution in [0.15, 0.2) is 53.9 Å². The number of aromatic nitrogens is 2. The molecule has 2 heterocycles. The van der Waals surface area contributed by atoms with Crippen molar-refractivity contribution in [2.75, 3.05) is 14.1 Å². The van der Waals surface area contributed by atoms with Gasteiger partial charge in [0.2, 0.25) is 0 Å². The predicted molar refractivity (Wildman–Crippen MR) is 94.6 cm³/mol. The second-order valence-electron chi connectivity index (χ2n) is 4.20. The molecule has 7 heteroatoms. The molecule has 0 fully saturated rings. The quantitative estimate of drug-likeness (QED) is 0.392. The third-order valence-corrected chi connectivity index (χ3v) is 2.94. The van der Waals surface area contributed by atoms with Crippen molar-refractivity contribution in [3.05, 3.63) is 67.1 Å². The molecule has 0 saturated carbocycles. The first kappa shape index (κ1) is 21.2. The third-order valence-electron chi connectivity index (χ3n) is 2.48. The van der Waals surface area contributed by atoms with Crippen molar-refractivity contribution in [3.63, 3.8) is 0 Å². The molecule has 0 aromatic carbocycles. The van der Waals surface area contributed by atoms with E-state index >= 15 is 0 Å². The van der Waals surface area contributed by atoms with Gasteiger partial charge in [-0.2, -0.15) is 12.0 Å². The number of hydrogen-bond donors (Lipinski definition) is 1. The topological polar surface area (TPSA) is 53.4 Å². The van der Waals surface area contributed by atoms with E-state index in [1.807, 2.05) is 50.5 Å². The van der Waals surface area contributed by atoms with Crippen LogP contribution in [0.3, 0.4) is 0 Å². The van der Waals surface area contributed by atoms with Crippen molar-refractivity contribution >= 4 is 23.0 Å². The van der Waals surface area contributed by atoms with E-state index in [0.717, 1.165) is 11.4 Å². The fourth-order valence-corrected chi connectivity index (χ4v) is 1.50. The smallest absolute Gasteiger partial charge is 0.189 e. The van der Waals surface area contributed by atoms with Crippen LogP contribution in [0.4, 0.5) is 0 Å². The first-order chi connectivity index (χ1) is 10.7. The van der Waals surface area contributed by atoms with E-state index in [1.54, 1.807) is 24.2 Å². The number of rotatable bonds is 3. The minimum absolute atomic E-state index is 0. The summed E-state index contributed by atoms with van der Waals surface area (Å²) in [5, 5.41) is 4.87. The standard InChI is InChI=1S/C14H15N5S.C2H5.V/c1-19(2)14(20)18-17-13(11-7-3-5-9-15-11)12-8-4-6-10-16-12;1-2;/h3-10H,1-2H3,(H,18,20);1H2,2H3;/q;-1;. The normalized spacial score (nSPS) is 8.70. The zero-order valence-electron chi connectivity index (χ0n) is 13.5. The van der Waals surface area contributed by atoms with Crippen LogP contribution in [0, 0.1) is 6.92 Å². The number of hydrazone groups is 1. The van der Waals surface area contributed by atoms with Gasteiger partial charge in [0, 0.05) is 45.0 Å². The van der Waals surface area contributed by atoms with Crippen molar-refractivity contribution in [1.82, 2.24) is 20.3 Å². The van der Waals surface area contributed by atoms with Gasteiger partial charge in [0.05, 0.1) is 11.4 Å². The molecule has 0 aliphatic carbocycles. The van der Waals surface area contributed by atoms with Gasteiger partial charge < -0.3 is 11.8 Å². The second kappa shape index (κ2) is 11.8. The molecule has 0 aliphatic rings. The molecule has 2 aromatic rings. The van der Waals surface area contributed by atoms with Crippen molar-refractivity contribution in [3.8, 4) is 0 Å². The molecule has 2 rings (SSSR count). The SMILES string of the molecule is CN(C)C(=S)NN=C(c1ccccn1)c1ccccn1.[CH2-]C.[V]. The van der Waals surface area contributed by atoms with Crippen LogP contribution in [-0.2, 0) is 18.6 Å². The summed E-state index contributed by atoms with van der Waals surface area (Å²) in [7, 11) is 3.71. The van der Waals surface area contributed by atoms with Gasteiger partial charge in [-0.05, 0) is 36.5 Å². The Morgan fingerprint density at radius 1 is 1.04 bits per heavy atom. The van der Waals surface area contributed by atoms with Crippen molar-refractivity contribution in [1.29, 1.82) is 0 Å². The van der Waals surface area contributed by atoms with Crippen molar-refractivity contribution in [2.45, 2.75) is 6.92 Å². The number of pyridine rings is 2. The Labute approximate surface area is 155 Å². The third kappa shape index (κ3) is 6.90. The Kier molecular flexibility index (Phi) is 10.9. The molecule has 0 aliphatic heterocycles. The van der Waals surface area contributed by atoms with Gasteiger partial charge in [0.15, 0.2) is 5.11 Å².